The van der Waals surface area contributed by atoms with Gasteiger partial charge in [0.15, 0.2) is 0 Å². The van der Waals surface area contributed by atoms with Crippen molar-refractivity contribution in [1.29, 1.82) is 0 Å². The molecule has 0 amide bonds. The van der Waals surface area contributed by atoms with Crippen molar-refractivity contribution in [2.75, 3.05) is 19.6 Å². The zero-order valence-electron chi connectivity index (χ0n) is 10.3. The first kappa shape index (κ1) is 13.7. The molecule has 0 bridgehead atoms. The molecule has 0 radical (unpaired) electrons. The quantitative estimate of drug-likeness (QED) is 0.402. The maximum Gasteiger partial charge on any atom is -0.00190 e. The van der Waals surface area contributed by atoms with Crippen LogP contribution < -0.4 is 0 Å². The van der Waals surface area contributed by atoms with Crippen LogP contribution in [0.3, 0.4) is 0 Å². The van der Waals surface area contributed by atoms with Gasteiger partial charge in [-0.3, -0.25) is 0 Å². The summed E-state index contributed by atoms with van der Waals surface area (Å²) in [5.41, 5.74) is 0. The highest BCUT2D eigenvalue weighted by molar-refractivity contribution is 4.77. The number of hydrogen-bond donors (Lipinski definition) is 0. The normalized spacial score (nSPS) is 13.1. The number of hydrogen-bond acceptors (Lipinski definition) is 1. The third-order valence-electron chi connectivity index (χ3n) is 3.05. The Labute approximate surface area is 90.2 Å². The van der Waals surface area contributed by atoms with Gasteiger partial charge in [0.1, 0.15) is 0 Å². The van der Waals surface area contributed by atoms with Crippen molar-refractivity contribution in [2.45, 2.75) is 46.5 Å². The molecule has 0 aromatic heterocycles. The first-order valence-corrected chi connectivity index (χ1v) is 6.13. The van der Waals surface area contributed by atoms with Crippen LogP contribution in [0, 0.1) is 5.92 Å². The maximum absolute atomic E-state index is 3.87. The largest absolute Gasteiger partial charge is 0.304 e. The maximum atomic E-state index is 3.87. The van der Waals surface area contributed by atoms with Crippen molar-refractivity contribution >= 4 is 0 Å². The average molecular weight is 197 g/mol. The van der Waals surface area contributed by atoms with E-state index in [1.807, 2.05) is 0 Å². The monoisotopic (exact) mass is 197 g/mol. The molecule has 84 valence electrons. The minimum absolute atomic E-state index is 0.742. The Morgan fingerprint density at radius 3 is 2.21 bits per heavy atom. The van der Waals surface area contributed by atoms with Gasteiger partial charge in [-0.15, -0.1) is 6.58 Å². The van der Waals surface area contributed by atoms with Crippen LogP contribution in [0.1, 0.15) is 46.5 Å². The van der Waals surface area contributed by atoms with E-state index in [9.17, 15) is 0 Å². The summed E-state index contributed by atoms with van der Waals surface area (Å²) in [6.07, 6.45) is 7.36. The van der Waals surface area contributed by atoms with Crippen LogP contribution in [0.4, 0.5) is 0 Å². The molecule has 1 heteroatoms. The van der Waals surface area contributed by atoms with E-state index < -0.39 is 0 Å². The van der Waals surface area contributed by atoms with Gasteiger partial charge in [0.25, 0.3) is 0 Å². The Kier molecular flexibility index (Phi) is 9.06. The van der Waals surface area contributed by atoms with Gasteiger partial charge in [-0.1, -0.05) is 33.3 Å². The van der Waals surface area contributed by atoms with E-state index >= 15 is 0 Å². The molecule has 14 heavy (non-hydrogen) atoms. The van der Waals surface area contributed by atoms with Crippen molar-refractivity contribution in [1.82, 2.24) is 4.90 Å². The lowest BCUT2D eigenvalue weighted by atomic mass is 9.99. The standard InChI is InChI=1S/C13H27N/c1-5-13(6-2)11-9-10-12-14(7-3)8-4/h5,13H,1,6-12H2,2-4H3. The van der Waals surface area contributed by atoms with Crippen molar-refractivity contribution < 1.29 is 0 Å². The molecule has 0 fully saturated rings. The Balaban J connectivity index is 3.39. The first-order valence-electron chi connectivity index (χ1n) is 6.13. The van der Waals surface area contributed by atoms with Crippen molar-refractivity contribution in [3.63, 3.8) is 0 Å². The molecule has 0 aromatic rings. The van der Waals surface area contributed by atoms with Crippen molar-refractivity contribution in [3.8, 4) is 0 Å². The fourth-order valence-electron chi connectivity index (χ4n) is 1.77. The van der Waals surface area contributed by atoms with Crippen LogP contribution in [-0.2, 0) is 0 Å². The van der Waals surface area contributed by atoms with Gasteiger partial charge in [-0.05, 0) is 44.8 Å². The van der Waals surface area contributed by atoms with Gasteiger partial charge >= 0.3 is 0 Å². The Hall–Kier alpha value is -0.300. The second-order valence-corrected chi connectivity index (χ2v) is 3.93. The van der Waals surface area contributed by atoms with Gasteiger partial charge in [-0.2, -0.15) is 0 Å². The Morgan fingerprint density at radius 2 is 1.79 bits per heavy atom. The van der Waals surface area contributed by atoms with Gasteiger partial charge in [0.05, 0.1) is 0 Å². The number of nitrogens with zero attached hydrogens (tertiary/aromatic N) is 1. The minimum atomic E-state index is 0.742. The summed E-state index contributed by atoms with van der Waals surface area (Å²) in [6, 6.07) is 0. The molecular formula is C13H27N. The van der Waals surface area contributed by atoms with E-state index in [2.05, 4.69) is 38.3 Å². The molecule has 1 atom stereocenters. The smallest absolute Gasteiger partial charge is 0.00190 e. The van der Waals surface area contributed by atoms with Crippen LogP contribution in [0.25, 0.3) is 0 Å². The summed E-state index contributed by atoms with van der Waals surface area (Å²) in [6.45, 7) is 14.2. The third kappa shape index (κ3) is 6.20. The number of unbranched alkanes of at least 4 members (excludes halogenated alkanes) is 1. The van der Waals surface area contributed by atoms with Crippen molar-refractivity contribution in [3.05, 3.63) is 12.7 Å². The van der Waals surface area contributed by atoms with E-state index in [1.165, 1.54) is 45.3 Å². The number of rotatable bonds is 9. The highest BCUT2D eigenvalue weighted by Crippen LogP contribution is 2.13. The molecule has 0 spiro atoms. The first-order chi connectivity index (χ1) is 6.78. The second-order valence-electron chi connectivity index (χ2n) is 3.93. The summed E-state index contributed by atoms with van der Waals surface area (Å²) >= 11 is 0. The molecule has 0 aliphatic heterocycles. The second kappa shape index (κ2) is 9.26. The Morgan fingerprint density at radius 1 is 1.14 bits per heavy atom. The Bertz CT molecular complexity index is 127. The lowest BCUT2D eigenvalue weighted by molar-refractivity contribution is 0.293. The van der Waals surface area contributed by atoms with Crippen LogP contribution in [0.2, 0.25) is 0 Å². The van der Waals surface area contributed by atoms with Gasteiger partial charge < -0.3 is 4.90 Å². The fraction of sp³-hybridized carbons (Fsp3) is 0.846. The summed E-state index contributed by atoms with van der Waals surface area (Å²) in [4.78, 5) is 2.49. The molecule has 0 aliphatic rings. The van der Waals surface area contributed by atoms with Crippen LogP contribution in [0.5, 0.6) is 0 Å². The molecule has 0 aliphatic carbocycles. The van der Waals surface area contributed by atoms with E-state index in [4.69, 9.17) is 0 Å². The predicted octanol–water partition coefficient (Wildman–Crippen LogP) is 3.71. The van der Waals surface area contributed by atoms with E-state index in [-0.39, 0.29) is 0 Å². The predicted molar refractivity (Wildman–Crippen MR) is 65.6 cm³/mol. The zero-order valence-corrected chi connectivity index (χ0v) is 10.3. The molecule has 0 saturated carbocycles. The molecule has 0 saturated heterocycles. The molecule has 1 unspecified atom stereocenters. The summed E-state index contributed by atoms with van der Waals surface area (Å²) in [5, 5.41) is 0. The molecule has 0 N–H and O–H groups in total. The molecule has 1 nitrogen and oxygen atoms in total. The topological polar surface area (TPSA) is 3.24 Å². The van der Waals surface area contributed by atoms with Crippen LogP contribution in [-0.4, -0.2) is 24.5 Å². The summed E-state index contributed by atoms with van der Waals surface area (Å²) in [7, 11) is 0. The van der Waals surface area contributed by atoms with Crippen LogP contribution >= 0.6 is 0 Å². The third-order valence-corrected chi connectivity index (χ3v) is 3.05. The van der Waals surface area contributed by atoms with E-state index in [0.717, 1.165) is 5.92 Å². The lowest BCUT2D eigenvalue weighted by Gasteiger charge is -2.18. The highest BCUT2D eigenvalue weighted by Gasteiger charge is 2.02. The van der Waals surface area contributed by atoms with Crippen LogP contribution in [0.15, 0.2) is 12.7 Å². The van der Waals surface area contributed by atoms with Crippen molar-refractivity contribution in [2.24, 2.45) is 5.92 Å². The molecular weight excluding hydrogens is 170 g/mol. The molecule has 0 aromatic carbocycles. The number of allylic oxidation sites excluding steroid dienone is 1. The van der Waals surface area contributed by atoms with E-state index in [0.29, 0.717) is 0 Å². The fourth-order valence-corrected chi connectivity index (χ4v) is 1.77. The lowest BCUT2D eigenvalue weighted by Crippen LogP contribution is -2.23. The molecule has 0 rings (SSSR count). The SMILES string of the molecule is C=CC(CC)CCCCN(CC)CC. The van der Waals surface area contributed by atoms with Gasteiger partial charge in [0.2, 0.25) is 0 Å². The highest BCUT2D eigenvalue weighted by atomic mass is 15.1. The summed E-state index contributed by atoms with van der Waals surface area (Å²) < 4.78 is 0. The zero-order chi connectivity index (χ0) is 10.8. The van der Waals surface area contributed by atoms with E-state index in [1.54, 1.807) is 0 Å². The molecule has 0 heterocycles. The van der Waals surface area contributed by atoms with Gasteiger partial charge in [-0.25, -0.2) is 0 Å². The minimum Gasteiger partial charge on any atom is -0.304 e. The average Bonchev–Trinajstić information content (AvgIpc) is 2.24. The van der Waals surface area contributed by atoms with Gasteiger partial charge in [0, 0.05) is 0 Å². The summed E-state index contributed by atoms with van der Waals surface area (Å²) in [5.74, 6) is 0.742.